The number of benzene rings is 4. The van der Waals surface area contributed by atoms with Gasteiger partial charge in [-0.15, -0.1) is 0 Å². The third-order valence-electron chi connectivity index (χ3n) is 7.58. The van der Waals surface area contributed by atoms with Crippen molar-refractivity contribution < 1.29 is 60.7 Å². The summed E-state index contributed by atoms with van der Waals surface area (Å²) < 4.78 is 165. The molecule has 312 valence electrons. The fraction of sp³-hybridized carbons (Fsp3) is 0. The molecule has 0 radical (unpaired) electrons. The van der Waals surface area contributed by atoms with E-state index in [1.165, 1.54) is 48.5 Å². The summed E-state index contributed by atoms with van der Waals surface area (Å²) in [5, 5.41) is 9.88. The fourth-order valence-electron chi connectivity index (χ4n) is 5.14. The van der Waals surface area contributed by atoms with Crippen molar-refractivity contribution in [2.75, 3.05) is 21.3 Å². The van der Waals surface area contributed by atoms with Gasteiger partial charge in [-0.05, 0) is 59.7 Å². The van der Waals surface area contributed by atoms with E-state index in [4.69, 9.17) is 0 Å². The molecule has 0 aliphatic carbocycles. The summed E-state index contributed by atoms with van der Waals surface area (Å²) in [6, 6.07) is 16.5. The van der Waals surface area contributed by atoms with Gasteiger partial charge in [-0.25, -0.2) is 0 Å². The van der Waals surface area contributed by atoms with Crippen molar-refractivity contribution in [1.29, 1.82) is 0 Å². The molecule has 0 atom stereocenters. The van der Waals surface area contributed by atoms with Crippen LogP contribution < -0.4 is 21.3 Å². The van der Waals surface area contributed by atoms with Gasteiger partial charge < -0.3 is 21.3 Å². The zero-order valence-corrected chi connectivity index (χ0v) is 32.6. The van der Waals surface area contributed by atoms with Gasteiger partial charge in [0.05, 0.1) is 11.4 Å². The second-order valence-electron chi connectivity index (χ2n) is 11.7. The highest BCUT2D eigenvalue weighted by molar-refractivity contribution is 7.86. The molecule has 0 unspecified atom stereocenters. The minimum Gasteiger partial charge on any atom is -0.324 e. The maximum absolute atomic E-state index is 14.4. The first-order valence-corrected chi connectivity index (χ1v) is 21.7. The number of anilines is 8. The quantitative estimate of drug-likeness (QED) is 0.0552. The fourth-order valence-corrected chi connectivity index (χ4v) is 7.85. The Morgan fingerprint density at radius 3 is 1.07 bits per heavy atom. The molecule has 28 heteroatoms. The number of hydrogen-bond donors (Lipinski definition) is 8. The molecule has 0 aliphatic heterocycles. The maximum Gasteiger partial charge on any atom is 0.315 e. The topological polar surface area (TPSA) is 343 Å². The van der Waals surface area contributed by atoms with Crippen LogP contribution in [0.1, 0.15) is 11.1 Å². The number of para-hydroxylation sites is 2. The Balaban J connectivity index is 1.26. The van der Waals surface area contributed by atoms with Crippen molar-refractivity contribution in [3.63, 3.8) is 0 Å². The second kappa shape index (κ2) is 16.5. The third-order valence-corrected chi connectivity index (χ3v) is 11.2. The van der Waals surface area contributed by atoms with Gasteiger partial charge in [0.2, 0.25) is 23.8 Å². The van der Waals surface area contributed by atoms with Crippen LogP contribution in [-0.2, 0) is 40.5 Å². The summed E-state index contributed by atoms with van der Waals surface area (Å²) in [5.41, 5.74) is -1.19. The molecule has 0 amide bonds. The first-order valence-electron chi connectivity index (χ1n) is 16.0. The number of halogens is 2. The Kier molecular flexibility index (Phi) is 11.8. The molecule has 0 saturated carbocycles. The van der Waals surface area contributed by atoms with Crippen LogP contribution in [0.15, 0.2) is 105 Å². The summed E-state index contributed by atoms with van der Waals surface area (Å²) in [6.45, 7) is 0. The van der Waals surface area contributed by atoms with E-state index in [1.54, 1.807) is 0 Å². The smallest absolute Gasteiger partial charge is 0.315 e. The van der Waals surface area contributed by atoms with Gasteiger partial charge >= 0.3 is 12.2 Å². The van der Waals surface area contributed by atoms with Crippen molar-refractivity contribution in [1.82, 2.24) is 29.9 Å². The van der Waals surface area contributed by atoms with Crippen molar-refractivity contribution in [3.05, 3.63) is 108 Å². The van der Waals surface area contributed by atoms with E-state index in [0.29, 0.717) is 0 Å². The number of hydrogen-bond acceptors (Lipinski definition) is 18. The normalized spacial score (nSPS) is 12.3. The lowest BCUT2D eigenvalue weighted by Gasteiger charge is -2.12. The number of nitrogens with one attached hydrogen (secondary N) is 4. The second-order valence-corrected chi connectivity index (χ2v) is 17.3. The Morgan fingerprint density at radius 1 is 0.417 bits per heavy atom. The van der Waals surface area contributed by atoms with Crippen LogP contribution in [0.4, 0.5) is 55.3 Å². The zero-order chi connectivity index (χ0) is 43.6. The maximum atomic E-state index is 14.4. The van der Waals surface area contributed by atoms with Crippen LogP contribution >= 0.6 is 0 Å². The van der Waals surface area contributed by atoms with E-state index < -0.39 is 96.0 Å². The Hall–Kier alpha value is -6.66. The molecule has 0 spiro atoms. The Labute approximate surface area is 337 Å². The van der Waals surface area contributed by atoms with Crippen molar-refractivity contribution in [2.45, 2.75) is 19.6 Å². The van der Waals surface area contributed by atoms with Gasteiger partial charge in [-0.3, -0.25) is 18.2 Å². The summed E-state index contributed by atoms with van der Waals surface area (Å²) in [6.07, 6.45) is -0.616. The minimum absolute atomic E-state index is 0.139. The highest BCUT2D eigenvalue weighted by atomic mass is 32.2. The molecule has 0 fully saturated rings. The van der Waals surface area contributed by atoms with E-state index in [-0.39, 0.29) is 33.9 Å². The van der Waals surface area contributed by atoms with Crippen LogP contribution in [0, 0.1) is 12.2 Å². The molecule has 0 saturated heterocycles. The van der Waals surface area contributed by atoms with Crippen LogP contribution in [0.2, 0.25) is 0 Å². The summed E-state index contributed by atoms with van der Waals surface area (Å²) >= 11 is 0. The van der Waals surface area contributed by atoms with Gasteiger partial charge in [-0.1, -0.05) is 48.6 Å². The Morgan fingerprint density at radius 2 is 0.733 bits per heavy atom. The molecule has 0 aliphatic rings. The lowest BCUT2D eigenvalue weighted by molar-refractivity contribution is 0.480. The third kappa shape index (κ3) is 10.7. The van der Waals surface area contributed by atoms with Gasteiger partial charge in [-0.2, -0.15) is 72.4 Å². The molecule has 0 bridgehead atoms. The zero-order valence-electron chi connectivity index (χ0n) is 29.4. The molecule has 4 aromatic carbocycles. The number of rotatable bonds is 14. The molecule has 2 heterocycles. The molecule has 8 N–H and O–H groups in total. The predicted octanol–water partition coefficient (Wildman–Crippen LogP) is 4.47. The molecule has 2 aromatic heterocycles. The molecule has 6 rings (SSSR count). The lowest BCUT2D eigenvalue weighted by atomic mass is 10.1. The first-order chi connectivity index (χ1) is 28.0. The van der Waals surface area contributed by atoms with E-state index >= 15 is 0 Å². The Bertz CT molecular complexity index is 2950. The average Bonchev–Trinajstić information content (AvgIpc) is 3.13. The van der Waals surface area contributed by atoms with E-state index in [1.807, 2.05) is 0 Å². The van der Waals surface area contributed by atoms with Gasteiger partial charge in [0.1, 0.15) is 19.6 Å². The van der Waals surface area contributed by atoms with Crippen LogP contribution in [0.3, 0.4) is 0 Å². The van der Waals surface area contributed by atoms with Gasteiger partial charge in [0, 0.05) is 11.4 Å². The largest absolute Gasteiger partial charge is 0.324 e. The van der Waals surface area contributed by atoms with Gasteiger partial charge in [0.25, 0.3) is 40.5 Å². The monoisotopic (exact) mass is 906 g/mol. The van der Waals surface area contributed by atoms with Crippen molar-refractivity contribution in [3.8, 4) is 0 Å². The predicted molar refractivity (Wildman–Crippen MR) is 207 cm³/mol. The van der Waals surface area contributed by atoms with Crippen LogP contribution in [0.5, 0.6) is 0 Å². The first kappa shape index (κ1) is 42.9. The molecule has 60 heavy (non-hydrogen) atoms. The van der Waals surface area contributed by atoms with E-state index in [2.05, 4.69) is 51.2 Å². The molecule has 22 nitrogen and oxygen atoms in total. The minimum atomic E-state index is -5.03. The van der Waals surface area contributed by atoms with Crippen molar-refractivity contribution >= 4 is 99.2 Å². The van der Waals surface area contributed by atoms with Crippen LogP contribution in [0.25, 0.3) is 12.2 Å². The summed E-state index contributed by atoms with van der Waals surface area (Å²) in [4.78, 5) is 18.9. The number of nitrogens with zero attached hydrogens (tertiary/aromatic N) is 6. The van der Waals surface area contributed by atoms with Gasteiger partial charge in [0.15, 0.2) is 0 Å². The summed E-state index contributed by atoms with van der Waals surface area (Å²) in [5.74, 6) is -2.12. The molecular weight excluding hydrogens is 883 g/mol. The molecular formula is C32H24F2N10O12S4. The van der Waals surface area contributed by atoms with E-state index in [9.17, 15) is 60.7 Å². The lowest BCUT2D eigenvalue weighted by Crippen LogP contribution is -2.09. The summed E-state index contributed by atoms with van der Waals surface area (Å²) in [7, 11) is -19.5. The highest BCUT2D eigenvalue weighted by Gasteiger charge is 2.21. The highest BCUT2D eigenvalue weighted by Crippen LogP contribution is 2.29. The molecule has 6 aromatic rings. The number of aromatic nitrogens is 6. The van der Waals surface area contributed by atoms with E-state index in [0.717, 1.165) is 48.6 Å². The standard InChI is InChI=1S/C32H24F2N10O12S4/c33-27-39-29(43-31(41-27)37-21-5-1-3-7-23(21)57(45,46)47)35-19-13-11-17(25(15-19)59(51,52)53)9-10-18-12-14-20(16-26(18)60(54,55)56)36-30-40-28(34)42-32(44-30)38-22-6-2-4-8-24(22)58(48,49)50/h1-16H,(H,45,46,47)(H,48,49,50)(H,51,52,53)(H,54,55,56)(H2,35,37,39,41,43)(H2,36,38,40,42,44). The SMILES string of the molecule is O=S(=O)(O)c1cc(Nc2nc(F)nc(Nc3ccccc3S(=O)(=O)O)n2)ccc1C=Cc1ccc(Nc2nc(F)nc(Nc3ccccc3S(=O)(=O)O)n2)cc1S(=O)(=O)O. The van der Waals surface area contributed by atoms with Crippen molar-refractivity contribution in [2.24, 2.45) is 0 Å². The van der Waals surface area contributed by atoms with Crippen LogP contribution in [-0.4, -0.2) is 81.8 Å². The average molecular weight is 907 g/mol.